The Kier molecular flexibility index (Phi) is 5.71. The molecule has 1 aromatic heterocycles. The minimum Gasteiger partial charge on any atom is -0.372 e. The molecule has 0 spiro atoms. The molecule has 2 aromatic rings. The van der Waals surface area contributed by atoms with E-state index in [1.54, 1.807) is 6.20 Å². The van der Waals surface area contributed by atoms with Crippen LogP contribution in [0.4, 0.5) is 17.2 Å². The third-order valence-corrected chi connectivity index (χ3v) is 4.59. The lowest BCUT2D eigenvalue weighted by Crippen LogP contribution is -2.32. The lowest BCUT2D eigenvalue weighted by atomic mass is 9.99. The largest absolute Gasteiger partial charge is 0.372 e. The van der Waals surface area contributed by atoms with Gasteiger partial charge in [-0.1, -0.05) is 6.92 Å². The first kappa shape index (κ1) is 18.2. The molecule has 1 fully saturated rings. The molecule has 2 N–H and O–H groups in total. The molecule has 3 rings (SSSR count). The Morgan fingerprint density at radius 1 is 1.12 bits per heavy atom. The molecule has 0 aliphatic carbocycles. The monoisotopic (exact) mass is 353 g/mol. The zero-order chi connectivity index (χ0) is 18.5. The first-order chi connectivity index (χ1) is 12.5. The van der Waals surface area contributed by atoms with Crippen LogP contribution in [0.1, 0.15) is 44.1 Å². The fourth-order valence-corrected chi connectivity index (χ4v) is 3.02. The van der Waals surface area contributed by atoms with E-state index >= 15 is 0 Å². The van der Waals surface area contributed by atoms with Gasteiger partial charge in [0, 0.05) is 30.5 Å². The first-order valence-electron chi connectivity index (χ1n) is 9.26. The lowest BCUT2D eigenvalue weighted by molar-refractivity contribution is 0.0937. The van der Waals surface area contributed by atoms with E-state index in [1.807, 2.05) is 13.8 Å². The molecule has 0 unspecified atom stereocenters. The number of aromatic nitrogens is 2. The van der Waals surface area contributed by atoms with Crippen LogP contribution in [0.3, 0.4) is 0 Å². The Labute approximate surface area is 155 Å². The molecule has 1 aliphatic rings. The van der Waals surface area contributed by atoms with Gasteiger partial charge in [0.2, 0.25) is 0 Å². The van der Waals surface area contributed by atoms with Crippen molar-refractivity contribution < 1.29 is 4.79 Å². The average molecular weight is 353 g/mol. The van der Waals surface area contributed by atoms with Crippen molar-refractivity contribution >= 4 is 23.1 Å². The third kappa shape index (κ3) is 4.71. The second kappa shape index (κ2) is 8.17. The zero-order valence-electron chi connectivity index (χ0n) is 15.7. The van der Waals surface area contributed by atoms with E-state index in [1.165, 1.54) is 24.7 Å². The van der Waals surface area contributed by atoms with Crippen LogP contribution in [0.15, 0.2) is 36.7 Å². The smallest absolute Gasteiger partial charge is 0.271 e. The zero-order valence-corrected chi connectivity index (χ0v) is 15.7. The number of carbonyl (C=O) groups excluding carboxylic acids is 1. The van der Waals surface area contributed by atoms with Crippen molar-refractivity contribution in [3.05, 3.63) is 42.4 Å². The molecule has 0 bridgehead atoms. The average Bonchev–Trinajstić information content (AvgIpc) is 2.63. The minimum absolute atomic E-state index is 0.0729. The molecule has 0 radical (unpaired) electrons. The van der Waals surface area contributed by atoms with Gasteiger partial charge in [0.25, 0.3) is 5.91 Å². The predicted octanol–water partition coefficient (Wildman–Crippen LogP) is 3.59. The normalized spacial score (nSPS) is 15.2. The number of anilines is 3. The highest BCUT2D eigenvalue weighted by molar-refractivity contribution is 5.92. The standard InChI is InChI=1S/C20H27N5O/c1-14(2)23-20(26)18-12-22-19(13-21-18)24-16-4-6-17(7-5-16)25-10-8-15(3)9-11-25/h4-7,12-15H,8-11H2,1-3H3,(H,22,24)(H,23,26). The van der Waals surface area contributed by atoms with E-state index in [4.69, 9.17) is 0 Å². The summed E-state index contributed by atoms with van der Waals surface area (Å²) >= 11 is 0. The number of benzene rings is 1. The molecule has 6 heteroatoms. The van der Waals surface area contributed by atoms with Crippen molar-refractivity contribution in [2.45, 2.75) is 39.7 Å². The molecular formula is C20H27N5O. The highest BCUT2D eigenvalue weighted by Crippen LogP contribution is 2.25. The van der Waals surface area contributed by atoms with E-state index in [-0.39, 0.29) is 11.9 Å². The summed E-state index contributed by atoms with van der Waals surface area (Å²) in [4.78, 5) is 22.8. The number of hydrogen-bond donors (Lipinski definition) is 2. The number of hydrogen-bond acceptors (Lipinski definition) is 5. The number of piperidine rings is 1. The Morgan fingerprint density at radius 3 is 2.38 bits per heavy atom. The highest BCUT2D eigenvalue weighted by Gasteiger charge is 2.15. The van der Waals surface area contributed by atoms with Crippen molar-refractivity contribution in [3.63, 3.8) is 0 Å². The summed E-state index contributed by atoms with van der Waals surface area (Å²) in [5.41, 5.74) is 2.53. The molecule has 1 amide bonds. The number of carbonyl (C=O) groups is 1. The second-order valence-electron chi connectivity index (χ2n) is 7.26. The van der Waals surface area contributed by atoms with Gasteiger partial charge in [-0.2, -0.15) is 0 Å². The van der Waals surface area contributed by atoms with Crippen molar-refractivity contribution in [1.29, 1.82) is 0 Å². The maximum atomic E-state index is 11.9. The van der Waals surface area contributed by atoms with Gasteiger partial charge in [0.1, 0.15) is 11.5 Å². The molecule has 0 saturated carbocycles. The van der Waals surface area contributed by atoms with Crippen molar-refractivity contribution in [2.75, 3.05) is 23.3 Å². The quantitative estimate of drug-likeness (QED) is 0.859. The Morgan fingerprint density at radius 2 is 1.81 bits per heavy atom. The van der Waals surface area contributed by atoms with Gasteiger partial charge in [-0.15, -0.1) is 0 Å². The van der Waals surface area contributed by atoms with Crippen LogP contribution in [-0.2, 0) is 0 Å². The molecule has 138 valence electrons. The van der Waals surface area contributed by atoms with Crippen LogP contribution in [0.2, 0.25) is 0 Å². The van der Waals surface area contributed by atoms with Gasteiger partial charge in [0.05, 0.1) is 12.4 Å². The van der Waals surface area contributed by atoms with Gasteiger partial charge in [0.15, 0.2) is 0 Å². The van der Waals surface area contributed by atoms with Crippen molar-refractivity contribution in [2.24, 2.45) is 5.92 Å². The molecule has 1 aliphatic heterocycles. The summed E-state index contributed by atoms with van der Waals surface area (Å²) in [5.74, 6) is 1.24. The summed E-state index contributed by atoms with van der Waals surface area (Å²) < 4.78 is 0. The fraction of sp³-hybridized carbons (Fsp3) is 0.450. The summed E-state index contributed by atoms with van der Waals surface area (Å²) in [7, 11) is 0. The van der Waals surface area contributed by atoms with Gasteiger partial charge in [-0.3, -0.25) is 4.79 Å². The molecule has 2 heterocycles. The van der Waals surface area contributed by atoms with E-state index < -0.39 is 0 Å². The van der Waals surface area contributed by atoms with Crippen molar-refractivity contribution in [3.8, 4) is 0 Å². The first-order valence-corrected chi connectivity index (χ1v) is 9.26. The number of amides is 1. The highest BCUT2D eigenvalue weighted by atomic mass is 16.1. The van der Waals surface area contributed by atoms with Gasteiger partial charge >= 0.3 is 0 Å². The van der Waals surface area contributed by atoms with Crippen LogP contribution in [0.25, 0.3) is 0 Å². The Bertz CT molecular complexity index is 719. The van der Waals surface area contributed by atoms with E-state index in [2.05, 4.69) is 56.7 Å². The van der Waals surface area contributed by atoms with Crippen LogP contribution in [-0.4, -0.2) is 35.0 Å². The van der Waals surface area contributed by atoms with Crippen molar-refractivity contribution in [1.82, 2.24) is 15.3 Å². The maximum absolute atomic E-state index is 11.9. The third-order valence-electron chi connectivity index (χ3n) is 4.59. The SMILES string of the molecule is CC1CCN(c2ccc(Nc3cnc(C(=O)NC(C)C)cn3)cc2)CC1. The summed E-state index contributed by atoms with van der Waals surface area (Å²) in [5, 5.41) is 6.03. The summed E-state index contributed by atoms with van der Waals surface area (Å²) in [6.45, 7) is 8.40. The summed E-state index contributed by atoms with van der Waals surface area (Å²) in [6.07, 6.45) is 5.58. The molecular weight excluding hydrogens is 326 g/mol. The van der Waals surface area contributed by atoms with Crippen LogP contribution >= 0.6 is 0 Å². The number of nitrogens with one attached hydrogen (secondary N) is 2. The van der Waals surface area contributed by atoms with Gasteiger partial charge < -0.3 is 15.5 Å². The molecule has 0 atom stereocenters. The lowest BCUT2D eigenvalue weighted by Gasteiger charge is -2.32. The van der Waals surface area contributed by atoms with E-state index in [9.17, 15) is 4.79 Å². The molecule has 1 aromatic carbocycles. The van der Waals surface area contributed by atoms with Crippen LogP contribution in [0, 0.1) is 5.92 Å². The molecule has 1 saturated heterocycles. The van der Waals surface area contributed by atoms with E-state index in [0.717, 1.165) is 24.7 Å². The van der Waals surface area contributed by atoms with Crippen LogP contribution < -0.4 is 15.5 Å². The second-order valence-corrected chi connectivity index (χ2v) is 7.26. The van der Waals surface area contributed by atoms with Crippen LogP contribution in [0.5, 0.6) is 0 Å². The Hall–Kier alpha value is -2.63. The topological polar surface area (TPSA) is 70.2 Å². The molecule has 26 heavy (non-hydrogen) atoms. The summed E-state index contributed by atoms with van der Waals surface area (Å²) in [6, 6.07) is 8.44. The number of nitrogens with zero attached hydrogens (tertiary/aromatic N) is 3. The predicted molar refractivity (Wildman–Crippen MR) is 105 cm³/mol. The van der Waals surface area contributed by atoms with Gasteiger partial charge in [-0.25, -0.2) is 9.97 Å². The minimum atomic E-state index is -0.209. The maximum Gasteiger partial charge on any atom is 0.271 e. The molecule has 6 nitrogen and oxygen atoms in total. The fourth-order valence-electron chi connectivity index (χ4n) is 3.02. The van der Waals surface area contributed by atoms with E-state index in [0.29, 0.717) is 11.5 Å². The Balaban J connectivity index is 1.59. The van der Waals surface area contributed by atoms with Gasteiger partial charge in [-0.05, 0) is 56.9 Å². The number of rotatable bonds is 5.